The Bertz CT molecular complexity index is 358. The number of nitrogens with two attached hydrogens (primary N) is 1. The quantitative estimate of drug-likeness (QED) is 0.764. The monoisotopic (exact) mass is 192 g/mol. The number of rotatable bonds is 2. The summed E-state index contributed by atoms with van der Waals surface area (Å²) < 4.78 is 1.84. The molecule has 0 bridgehead atoms. The van der Waals surface area contributed by atoms with Gasteiger partial charge in [-0.3, -0.25) is 4.79 Å². The van der Waals surface area contributed by atoms with Gasteiger partial charge < -0.3 is 10.3 Å². The lowest BCUT2D eigenvalue weighted by Gasteiger charge is -2.13. The molecule has 2 rings (SSSR count). The van der Waals surface area contributed by atoms with Crippen LogP contribution in [0.4, 0.5) is 0 Å². The molecule has 1 aromatic rings. The van der Waals surface area contributed by atoms with Crippen LogP contribution in [0.25, 0.3) is 0 Å². The molecule has 1 saturated carbocycles. The minimum atomic E-state index is 0.107. The highest BCUT2D eigenvalue weighted by Crippen LogP contribution is 2.32. The molecule has 2 unspecified atom stereocenters. The second-order valence-corrected chi connectivity index (χ2v) is 4.01. The van der Waals surface area contributed by atoms with Crippen LogP contribution in [0.5, 0.6) is 0 Å². The Morgan fingerprint density at radius 2 is 2.29 bits per heavy atom. The van der Waals surface area contributed by atoms with Crippen molar-refractivity contribution in [2.75, 3.05) is 6.54 Å². The molecule has 1 aromatic heterocycles. The first kappa shape index (κ1) is 9.46. The van der Waals surface area contributed by atoms with Crippen LogP contribution < -0.4 is 11.3 Å². The van der Waals surface area contributed by atoms with Crippen LogP contribution >= 0.6 is 0 Å². The van der Waals surface area contributed by atoms with Gasteiger partial charge in [0.05, 0.1) is 0 Å². The van der Waals surface area contributed by atoms with E-state index in [9.17, 15) is 4.79 Å². The second kappa shape index (κ2) is 3.96. The summed E-state index contributed by atoms with van der Waals surface area (Å²) in [6.07, 6.45) is 5.18. The van der Waals surface area contributed by atoms with Crippen LogP contribution in [0, 0.1) is 5.92 Å². The van der Waals surface area contributed by atoms with Gasteiger partial charge in [-0.1, -0.05) is 6.07 Å². The van der Waals surface area contributed by atoms with Gasteiger partial charge in [0.15, 0.2) is 0 Å². The van der Waals surface area contributed by atoms with Gasteiger partial charge in [-0.2, -0.15) is 0 Å². The molecule has 0 aromatic carbocycles. The standard InChI is InChI=1S/C11H16N2O/c12-8-9-4-5-10(7-9)13-6-2-1-3-11(13)14/h1-3,6,9-10H,4-5,7-8,12H2. The number of nitrogens with zero attached hydrogens (tertiary/aromatic N) is 1. The van der Waals surface area contributed by atoms with Crippen LogP contribution in [0.2, 0.25) is 0 Å². The van der Waals surface area contributed by atoms with E-state index in [1.54, 1.807) is 12.1 Å². The molecule has 0 saturated heterocycles. The predicted octanol–water partition coefficient (Wildman–Crippen LogP) is 1.15. The SMILES string of the molecule is NCC1CCC(n2ccccc2=O)C1. The van der Waals surface area contributed by atoms with Crippen molar-refractivity contribution >= 4 is 0 Å². The zero-order valence-electron chi connectivity index (χ0n) is 8.23. The maximum atomic E-state index is 11.5. The maximum Gasteiger partial charge on any atom is 0.250 e. The van der Waals surface area contributed by atoms with E-state index >= 15 is 0 Å². The van der Waals surface area contributed by atoms with Crippen molar-refractivity contribution in [3.05, 3.63) is 34.7 Å². The first-order valence-electron chi connectivity index (χ1n) is 5.18. The molecule has 76 valence electrons. The summed E-state index contributed by atoms with van der Waals surface area (Å²) in [5.41, 5.74) is 5.73. The van der Waals surface area contributed by atoms with E-state index < -0.39 is 0 Å². The Labute approximate surface area is 83.5 Å². The van der Waals surface area contributed by atoms with Gasteiger partial charge in [0, 0.05) is 18.3 Å². The van der Waals surface area contributed by atoms with Crippen LogP contribution in [0.3, 0.4) is 0 Å². The van der Waals surface area contributed by atoms with E-state index in [-0.39, 0.29) is 5.56 Å². The van der Waals surface area contributed by atoms with Crippen molar-refractivity contribution in [3.63, 3.8) is 0 Å². The zero-order chi connectivity index (χ0) is 9.97. The van der Waals surface area contributed by atoms with Gasteiger partial charge in [0.1, 0.15) is 0 Å². The zero-order valence-corrected chi connectivity index (χ0v) is 8.23. The summed E-state index contributed by atoms with van der Waals surface area (Å²) in [5.74, 6) is 0.604. The summed E-state index contributed by atoms with van der Waals surface area (Å²) in [4.78, 5) is 11.5. The van der Waals surface area contributed by atoms with Crippen molar-refractivity contribution in [1.29, 1.82) is 0 Å². The fourth-order valence-electron chi connectivity index (χ4n) is 2.26. The van der Waals surface area contributed by atoms with E-state index in [1.807, 2.05) is 16.8 Å². The van der Waals surface area contributed by atoms with Crippen LogP contribution in [-0.2, 0) is 0 Å². The van der Waals surface area contributed by atoms with Gasteiger partial charge in [-0.15, -0.1) is 0 Å². The summed E-state index contributed by atoms with van der Waals surface area (Å²) in [6, 6.07) is 5.69. The molecule has 2 atom stereocenters. The van der Waals surface area contributed by atoms with Gasteiger partial charge in [-0.25, -0.2) is 0 Å². The van der Waals surface area contributed by atoms with E-state index in [0.29, 0.717) is 12.0 Å². The van der Waals surface area contributed by atoms with Gasteiger partial charge in [0.25, 0.3) is 5.56 Å². The Kier molecular flexibility index (Phi) is 2.68. The molecule has 1 heterocycles. The third-order valence-corrected chi connectivity index (χ3v) is 3.09. The highest BCUT2D eigenvalue weighted by atomic mass is 16.1. The predicted molar refractivity (Wildman–Crippen MR) is 56.1 cm³/mol. The van der Waals surface area contributed by atoms with E-state index in [4.69, 9.17) is 5.73 Å². The lowest BCUT2D eigenvalue weighted by atomic mass is 10.1. The average Bonchev–Trinajstić information content (AvgIpc) is 2.67. The molecular formula is C11H16N2O. The number of hydrogen-bond donors (Lipinski definition) is 1. The largest absolute Gasteiger partial charge is 0.330 e. The Hall–Kier alpha value is -1.09. The van der Waals surface area contributed by atoms with Crippen molar-refractivity contribution < 1.29 is 0 Å². The highest BCUT2D eigenvalue weighted by Gasteiger charge is 2.24. The molecule has 1 aliphatic carbocycles. The number of aromatic nitrogens is 1. The molecule has 3 nitrogen and oxygen atoms in total. The molecule has 0 spiro atoms. The minimum Gasteiger partial charge on any atom is -0.330 e. The Balaban J connectivity index is 2.18. The minimum absolute atomic E-state index is 0.107. The summed E-state index contributed by atoms with van der Waals surface area (Å²) in [5, 5.41) is 0. The third-order valence-electron chi connectivity index (χ3n) is 3.09. The second-order valence-electron chi connectivity index (χ2n) is 4.01. The molecule has 14 heavy (non-hydrogen) atoms. The third kappa shape index (κ3) is 1.73. The van der Waals surface area contributed by atoms with Crippen LogP contribution in [-0.4, -0.2) is 11.1 Å². The fraction of sp³-hybridized carbons (Fsp3) is 0.545. The van der Waals surface area contributed by atoms with Crippen LogP contribution in [0.15, 0.2) is 29.2 Å². The van der Waals surface area contributed by atoms with E-state index in [0.717, 1.165) is 25.8 Å². The van der Waals surface area contributed by atoms with E-state index in [2.05, 4.69) is 0 Å². The van der Waals surface area contributed by atoms with Crippen molar-refractivity contribution in [1.82, 2.24) is 4.57 Å². The lowest BCUT2D eigenvalue weighted by molar-refractivity contribution is 0.470. The fourth-order valence-corrected chi connectivity index (χ4v) is 2.26. The van der Waals surface area contributed by atoms with E-state index in [1.165, 1.54) is 0 Å². The number of hydrogen-bond acceptors (Lipinski definition) is 2. The molecule has 2 N–H and O–H groups in total. The van der Waals surface area contributed by atoms with Crippen LogP contribution in [0.1, 0.15) is 25.3 Å². The number of pyridine rings is 1. The smallest absolute Gasteiger partial charge is 0.250 e. The summed E-state index contributed by atoms with van der Waals surface area (Å²) in [6.45, 7) is 0.748. The summed E-state index contributed by atoms with van der Waals surface area (Å²) >= 11 is 0. The maximum absolute atomic E-state index is 11.5. The molecule has 0 amide bonds. The first-order valence-corrected chi connectivity index (χ1v) is 5.18. The lowest BCUT2D eigenvalue weighted by Crippen LogP contribution is -2.22. The normalized spacial score (nSPS) is 26.6. The topological polar surface area (TPSA) is 48.0 Å². The molecule has 1 fully saturated rings. The van der Waals surface area contributed by atoms with Crippen molar-refractivity contribution in [2.45, 2.75) is 25.3 Å². The summed E-state index contributed by atoms with van der Waals surface area (Å²) in [7, 11) is 0. The van der Waals surface area contributed by atoms with Gasteiger partial charge >= 0.3 is 0 Å². The highest BCUT2D eigenvalue weighted by molar-refractivity contribution is 4.96. The van der Waals surface area contributed by atoms with Gasteiger partial charge in [-0.05, 0) is 37.8 Å². The molecule has 1 aliphatic rings. The molecule has 0 aliphatic heterocycles. The average molecular weight is 192 g/mol. The first-order chi connectivity index (χ1) is 6.81. The molecule has 0 radical (unpaired) electrons. The van der Waals surface area contributed by atoms with Crippen molar-refractivity contribution in [3.8, 4) is 0 Å². The Morgan fingerprint density at radius 1 is 1.43 bits per heavy atom. The Morgan fingerprint density at radius 3 is 2.93 bits per heavy atom. The molecule has 3 heteroatoms. The van der Waals surface area contributed by atoms with Crippen molar-refractivity contribution in [2.24, 2.45) is 11.7 Å². The van der Waals surface area contributed by atoms with Gasteiger partial charge in [0.2, 0.25) is 0 Å². The molecular weight excluding hydrogens is 176 g/mol.